The van der Waals surface area contributed by atoms with Gasteiger partial charge in [-0.05, 0) is 53.7 Å². The van der Waals surface area contributed by atoms with Crippen LogP contribution in [0, 0.1) is 10.8 Å². The van der Waals surface area contributed by atoms with Gasteiger partial charge in [0.1, 0.15) is 5.75 Å². The third-order valence-corrected chi connectivity index (χ3v) is 5.01. The topological polar surface area (TPSA) is 20.2 Å². The number of hydrogen-bond donors (Lipinski definition) is 1. The van der Waals surface area contributed by atoms with Gasteiger partial charge < -0.3 is 5.11 Å². The number of hydrogen-bond acceptors (Lipinski definition) is 1. The van der Waals surface area contributed by atoms with Gasteiger partial charge in [-0.25, -0.2) is 0 Å². The Kier molecular flexibility index (Phi) is 4.30. The number of phenols is 1. The lowest BCUT2D eigenvalue weighted by atomic mass is 9.76. The van der Waals surface area contributed by atoms with E-state index < -0.39 is 0 Å². The summed E-state index contributed by atoms with van der Waals surface area (Å²) in [5.41, 5.74) is 2.64. The highest BCUT2D eigenvalue weighted by Gasteiger charge is 2.25. The molecule has 1 nitrogen and oxygen atoms in total. The third-order valence-electron chi connectivity index (χ3n) is 5.01. The molecule has 2 aliphatic rings. The van der Waals surface area contributed by atoms with E-state index in [-0.39, 0.29) is 10.8 Å². The molecular formula is C22H26O. The molecule has 0 radical (unpaired) electrons. The average Bonchev–Trinajstić information content (AvgIpc) is 2.51. The molecule has 120 valence electrons. The summed E-state index contributed by atoms with van der Waals surface area (Å²) in [4.78, 5) is 0. The lowest BCUT2D eigenvalue weighted by Gasteiger charge is -2.29. The van der Waals surface area contributed by atoms with Crippen LogP contribution in [0.25, 0.3) is 0 Å². The first-order chi connectivity index (χ1) is 11.0. The fourth-order valence-corrected chi connectivity index (χ4v) is 3.60. The SMILES string of the molecule is CC1(Cc2ccc(O)c(CC3(C)C=CC=CC3)c2)C=CC=CC1. The first-order valence-electron chi connectivity index (χ1n) is 8.48. The summed E-state index contributed by atoms with van der Waals surface area (Å²) >= 11 is 0. The van der Waals surface area contributed by atoms with E-state index >= 15 is 0 Å². The molecule has 2 unspecified atom stereocenters. The quantitative estimate of drug-likeness (QED) is 0.776. The molecule has 1 heteroatoms. The molecule has 1 aromatic rings. The lowest BCUT2D eigenvalue weighted by molar-refractivity contribution is 0.404. The summed E-state index contributed by atoms with van der Waals surface area (Å²) in [6, 6.07) is 6.13. The molecule has 23 heavy (non-hydrogen) atoms. The van der Waals surface area contributed by atoms with E-state index in [0.29, 0.717) is 5.75 Å². The number of phenolic OH excluding ortho intramolecular Hbond substituents is 1. The molecule has 2 atom stereocenters. The zero-order valence-electron chi connectivity index (χ0n) is 14.1. The number of allylic oxidation sites excluding steroid dienone is 8. The van der Waals surface area contributed by atoms with Crippen LogP contribution in [0.1, 0.15) is 37.8 Å². The van der Waals surface area contributed by atoms with E-state index in [1.165, 1.54) is 5.56 Å². The Morgan fingerprint density at radius 1 is 0.870 bits per heavy atom. The summed E-state index contributed by atoms with van der Waals surface area (Å²) in [7, 11) is 0. The first-order valence-corrected chi connectivity index (χ1v) is 8.48. The second-order valence-corrected chi connectivity index (χ2v) is 7.61. The molecule has 0 amide bonds. The van der Waals surface area contributed by atoms with E-state index in [1.54, 1.807) is 0 Å². The fourth-order valence-electron chi connectivity index (χ4n) is 3.60. The molecule has 1 aromatic carbocycles. The smallest absolute Gasteiger partial charge is 0.118 e. The maximum absolute atomic E-state index is 10.3. The van der Waals surface area contributed by atoms with Gasteiger partial charge in [0.15, 0.2) is 0 Å². The normalized spacial score (nSPS) is 29.1. The largest absolute Gasteiger partial charge is 0.508 e. The number of rotatable bonds is 4. The van der Waals surface area contributed by atoms with Crippen molar-refractivity contribution < 1.29 is 5.11 Å². The third kappa shape index (κ3) is 3.85. The van der Waals surface area contributed by atoms with Crippen molar-refractivity contribution in [2.45, 2.75) is 39.5 Å². The molecule has 0 spiro atoms. The van der Waals surface area contributed by atoms with Crippen LogP contribution in [0.5, 0.6) is 5.75 Å². The summed E-state index contributed by atoms with van der Waals surface area (Å²) in [5, 5.41) is 10.3. The van der Waals surface area contributed by atoms with Crippen LogP contribution in [0.15, 0.2) is 66.8 Å². The van der Waals surface area contributed by atoms with Crippen molar-refractivity contribution in [3.8, 4) is 5.75 Å². The van der Waals surface area contributed by atoms with Gasteiger partial charge >= 0.3 is 0 Å². The molecule has 0 aliphatic heterocycles. The van der Waals surface area contributed by atoms with E-state index in [2.05, 4.69) is 74.6 Å². The molecule has 0 heterocycles. The fraction of sp³-hybridized carbons (Fsp3) is 0.364. The molecule has 3 rings (SSSR count). The molecule has 2 aliphatic carbocycles. The Balaban J connectivity index is 1.79. The van der Waals surface area contributed by atoms with Gasteiger partial charge in [0.2, 0.25) is 0 Å². The Morgan fingerprint density at radius 2 is 1.48 bits per heavy atom. The van der Waals surface area contributed by atoms with Gasteiger partial charge in [-0.1, -0.05) is 74.6 Å². The van der Waals surface area contributed by atoms with Crippen molar-refractivity contribution >= 4 is 0 Å². The maximum atomic E-state index is 10.3. The monoisotopic (exact) mass is 306 g/mol. The Morgan fingerprint density at radius 3 is 2.04 bits per heavy atom. The second-order valence-electron chi connectivity index (χ2n) is 7.61. The standard InChI is InChI=1S/C22H26O/c1-21(11-5-3-6-12-21)16-18-9-10-20(23)19(15-18)17-22(2)13-7-4-8-14-22/h3-11,13,15,23H,12,14,16-17H2,1-2H3. The summed E-state index contributed by atoms with van der Waals surface area (Å²) in [6.07, 6.45) is 21.5. The van der Waals surface area contributed by atoms with Crippen molar-refractivity contribution in [2.75, 3.05) is 0 Å². The van der Waals surface area contributed by atoms with Crippen LogP contribution in [0.4, 0.5) is 0 Å². The molecule has 1 N–H and O–H groups in total. The predicted octanol–water partition coefficient (Wildman–Crippen LogP) is 5.52. The summed E-state index contributed by atoms with van der Waals surface area (Å²) in [5.74, 6) is 0.419. The second kappa shape index (κ2) is 6.23. The minimum atomic E-state index is 0.0994. The van der Waals surface area contributed by atoms with Crippen LogP contribution in [0.3, 0.4) is 0 Å². The van der Waals surface area contributed by atoms with E-state index in [1.807, 2.05) is 6.07 Å². The molecule has 0 saturated carbocycles. The molecule has 0 bridgehead atoms. The average molecular weight is 306 g/mol. The maximum Gasteiger partial charge on any atom is 0.118 e. The zero-order valence-corrected chi connectivity index (χ0v) is 14.1. The minimum Gasteiger partial charge on any atom is -0.508 e. The highest BCUT2D eigenvalue weighted by molar-refractivity contribution is 5.39. The summed E-state index contributed by atoms with van der Waals surface area (Å²) in [6.45, 7) is 4.56. The van der Waals surface area contributed by atoms with Crippen molar-refractivity contribution in [3.63, 3.8) is 0 Å². The Hall–Kier alpha value is -2.02. The van der Waals surface area contributed by atoms with Gasteiger partial charge in [-0.15, -0.1) is 0 Å². The van der Waals surface area contributed by atoms with Crippen LogP contribution in [-0.4, -0.2) is 5.11 Å². The van der Waals surface area contributed by atoms with Crippen LogP contribution in [0.2, 0.25) is 0 Å². The van der Waals surface area contributed by atoms with Crippen molar-refractivity contribution in [1.29, 1.82) is 0 Å². The van der Waals surface area contributed by atoms with Gasteiger partial charge in [0.05, 0.1) is 0 Å². The van der Waals surface area contributed by atoms with Gasteiger partial charge in [-0.2, -0.15) is 0 Å². The molecule has 0 aromatic heterocycles. The first kappa shape index (κ1) is 15.9. The van der Waals surface area contributed by atoms with Crippen molar-refractivity contribution in [1.82, 2.24) is 0 Å². The Bertz CT molecular complexity index is 692. The zero-order chi connectivity index (χ0) is 16.3. The van der Waals surface area contributed by atoms with Crippen LogP contribution >= 0.6 is 0 Å². The van der Waals surface area contributed by atoms with Crippen molar-refractivity contribution in [3.05, 3.63) is 77.9 Å². The summed E-state index contributed by atoms with van der Waals surface area (Å²) < 4.78 is 0. The number of aromatic hydroxyl groups is 1. The highest BCUT2D eigenvalue weighted by atomic mass is 16.3. The van der Waals surface area contributed by atoms with E-state index in [9.17, 15) is 5.11 Å². The molecule has 0 fully saturated rings. The predicted molar refractivity (Wildman–Crippen MR) is 97.5 cm³/mol. The van der Waals surface area contributed by atoms with E-state index in [4.69, 9.17) is 0 Å². The van der Waals surface area contributed by atoms with Crippen molar-refractivity contribution in [2.24, 2.45) is 10.8 Å². The molecular weight excluding hydrogens is 280 g/mol. The van der Waals surface area contributed by atoms with Gasteiger partial charge in [0, 0.05) is 0 Å². The number of benzene rings is 1. The highest BCUT2D eigenvalue weighted by Crippen LogP contribution is 2.36. The van der Waals surface area contributed by atoms with E-state index in [0.717, 1.165) is 31.2 Å². The van der Waals surface area contributed by atoms with Crippen LogP contribution < -0.4 is 0 Å². The van der Waals surface area contributed by atoms with Gasteiger partial charge in [-0.3, -0.25) is 0 Å². The molecule has 0 saturated heterocycles. The van der Waals surface area contributed by atoms with Crippen LogP contribution in [-0.2, 0) is 12.8 Å². The minimum absolute atomic E-state index is 0.0994. The Labute approximate surface area is 139 Å². The lowest BCUT2D eigenvalue weighted by Crippen LogP contribution is -2.19. The van der Waals surface area contributed by atoms with Gasteiger partial charge in [0.25, 0.3) is 0 Å².